The molecule has 0 aromatic heterocycles. The van der Waals surface area contributed by atoms with Gasteiger partial charge in [0, 0.05) is 11.3 Å². The summed E-state index contributed by atoms with van der Waals surface area (Å²) in [5.74, 6) is -0.484. The lowest BCUT2D eigenvalue weighted by Crippen LogP contribution is -2.11. The Morgan fingerprint density at radius 3 is 2.53 bits per heavy atom. The van der Waals surface area contributed by atoms with Crippen molar-refractivity contribution in [1.29, 1.82) is 0 Å². The third-order valence-electron chi connectivity index (χ3n) is 2.33. The van der Waals surface area contributed by atoms with E-state index in [0.29, 0.717) is 10.6 Å². The second kappa shape index (κ2) is 3.83. The maximum Gasteiger partial charge on any atom is 0.204 e. The molecule has 0 fully saturated rings. The molecule has 2 rings (SSSR count). The average molecular weight is 293 g/mol. The van der Waals surface area contributed by atoms with E-state index in [1.165, 1.54) is 24.3 Å². The Labute approximate surface area is 105 Å². The van der Waals surface area contributed by atoms with Crippen molar-refractivity contribution in [1.82, 2.24) is 0 Å². The van der Waals surface area contributed by atoms with Crippen molar-refractivity contribution in [2.75, 3.05) is 12.0 Å². The van der Waals surface area contributed by atoms with Crippen LogP contribution in [0.15, 0.2) is 28.0 Å². The number of hydrogen-bond acceptors (Lipinski definition) is 4. The van der Waals surface area contributed by atoms with E-state index >= 15 is 0 Å². The third-order valence-corrected chi connectivity index (χ3v) is 5.48. The first-order valence-corrected chi connectivity index (χ1v) is 8.55. The van der Waals surface area contributed by atoms with Gasteiger partial charge in [0.2, 0.25) is 9.84 Å². The van der Waals surface area contributed by atoms with Gasteiger partial charge in [-0.3, -0.25) is 0 Å². The van der Waals surface area contributed by atoms with Gasteiger partial charge in [-0.05, 0) is 29.8 Å². The summed E-state index contributed by atoms with van der Waals surface area (Å²) < 4.78 is 46.3. The first-order chi connectivity index (χ1) is 7.70. The topological polar surface area (TPSA) is 68.3 Å². The Morgan fingerprint density at radius 1 is 1.29 bits per heavy atom. The SMILES string of the molecule is CS(=O)(=O)CC1=Cc2cc(Cl)ccc2S1(=O)=O. The van der Waals surface area contributed by atoms with Crippen molar-refractivity contribution in [3.8, 4) is 0 Å². The zero-order chi connectivity index (χ0) is 12.8. The van der Waals surface area contributed by atoms with Crippen LogP contribution in [0.3, 0.4) is 0 Å². The molecule has 0 saturated heterocycles. The van der Waals surface area contributed by atoms with Crippen molar-refractivity contribution in [3.05, 3.63) is 33.7 Å². The minimum Gasteiger partial charge on any atom is -0.229 e. The van der Waals surface area contributed by atoms with Crippen molar-refractivity contribution >= 4 is 37.4 Å². The molecule has 0 radical (unpaired) electrons. The highest BCUT2D eigenvalue weighted by Crippen LogP contribution is 2.34. The standard InChI is InChI=1S/C10H9ClO4S2/c1-16(12,13)6-9-5-7-4-8(11)2-3-10(7)17(9,14)15/h2-5H,6H2,1H3. The molecule has 1 aromatic carbocycles. The molecule has 92 valence electrons. The van der Waals surface area contributed by atoms with Crippen molar-refractivity contribution < 1.29 is 16.8 Å². The molecule has 0 atom stereocenters. The van der Waals surface area contributed by atoms with Gasteiger partial charge in [0.05, 0.1) is 15.6 Å². The second-order valence-corrected chi connectivity index (χ2v) is 8.41. The predicted molar refractivity (Wildman–Crippen MR) is 66.3 cm³/mol. The molecule has 4 nitrogen and oxygen atoms in total. The zero-order valence-corrected chi connectivity index (χ0v) is 11.2. The molecule has 1 aliphatic rings. The summed E-state index contributed by atoms with van der Waals surface area (Å²) in [7, 11) is -7.06. The number of halogens is 1. The normalized spacial score (nSPS) is 17.6. The average Bonchev–Trinajstić information content (AvgIpc) is 2.35. The Bertz CT molecular complexity index is 715. The molecule has 1 heterocycles. The van der Waals surface area contributed by atoms with Crippen LogP contribution in [0.2, 0.25) is 5.02 Å². The summed E-state index contributed by atoms with van der Waals surface area (Å²) in [5, 5.41) is 0.413. The van der Waals surface area contributed by atoms with Gasteiger partial charge in [-0.2, -0.15) is 0 Å². The molecule has 0 aliphatic carbocycles. The molecule has 0 saturated carbocycles. The summed E-state index contributed by atoms with van der Waals surface area (Å²) in [6.45, 7) is 0. The van der Waals surface area contributed by atoms with Gasteiger partial charge in [-0.1, -0.05) is 11.6 Å². The molecule has 0 bridgehead atoms. The van der Waals surface area contributed by atoms with Crippen molar-refractivity contribution in [2.45, 2.75) is 4.90 Å². The van der Waals surface area contributed by atoms with Gasteiger partial charge in [0.1, 0.15) is 0 Å². The number of fused-ring (bicyclic) bond motifs is 1. The van der Waals surface area contributed by atoms with Gasteiger partial charge in [0.15, 0.2) is 9.84 Å². The van der Waals surface area contributed by atoms with Gasteiger partial charge >= 0.3 is 0 Å². The summed E-state index contributed by atoms with van der Waals surface area (Å²) in [5.41, 5.74) is 0.441. The van der Waals surface area contributed by atoms with E-state index in [1.807, 2.05) is 0 Å². The number of benzene rings is 1. The highest BCUT2D eigenvalue weighted by Gasteiger charge is 2.31. The van der Waals surface area contributed by atoms with Gasteiger partial charge in [-0.25, -0.2) is 16.8 Å². The van der Waals surface area contributed by atoms with Crippen LogP contribution in [0.1, 0.15) is 5.56 Å². The minimum absolute atomic E-state index is 0.0998. The first kappa shape index (κ1) is 12.6. The van der Waals surface area contributed by atoms with E-state index in [0.717, 1.165) is 6.26 Å². The Morgan fingerprint density at radius 2 is 1.94 bits per heavy atom. The van der Waals surface area contributed by atoms with Gasteiger partial charge in [-0.15, -0.1) is 0 Å². The summed E-state index contributed by atoms with van der Waals surface area (Å²) in [4.78, 5) is 0.0119. The lowest BCUT2D eigenvalue weighted by atomic mass is 10.2. The molecule has 1 aliphatic heterocycles. The van der Waals surface area contributed by atoms with E-state index < -0.39 is 25.4 Å². The molecule has 0 spiro atoms. The molecule has 17 heavy (non-hydrogen) atoms. The van der Waals surface area contributed by atoms with Crippen LogP contribution in [0.25, 0.3) is 6.08 Å². The first-order valence-electron chi connectivity index (χ1n) is 4.63. The summed E-state index contributed by atoms with van der Waals surface area (Å²) >= 11 is 5.75. The fourth-order valence-electron chi connectivity index (χ4n) is 1.65. The van der Waals surface area contributed by atoms with Crippen LogP contribution < -0.4 is 0 Å². The highest BCUT2D eigenvalue weighted by atomic mass is 35.5. The maximum atomic E-state index is 12.0. The predicted octanol–water partition coefficient (Wildman–Crippen LogP) is 1.51. The highest BCUT2D eigenvalue weighted by molar-refractivity contribution is 7.98. The molecule has 0 N–H and O–H groups in total. The van der Waals surface area contributed by atoms with Gasteiger partial charge in [0.25, 0.3) is 0 Å². The van der Waals surface area contributed by atoms with Gasteiger partial charge < -0.3 is 0 Å². The summed E-state index contributed by atoms with van der Waals surface area (Å²) in [6.07, 6.45) is 2.36. The number of hydrogen-bond donors (Lipinski definition) is 0. The maximum absolute atomic E-state index is 12.0. The third kappa shape index (κ3) is 2.38. The monoisotopic (exact) mass is 292 g/mol. The molecular formula is C10H9ClO4S2. The second-order valence-electron chi connectivity index (χ2n) is 3.87. The fraction of sp³-hybridized carbons (Fsp3) is 0.200. The van der Waals surface area contributed by atoms with Crippen LogP contribution in [-0.2, 0) is 19.7 Å². The van der Waals surface area contributed by atoms with Crippen molar-refractivity contribution in [3.63, 3.8) is 0 Å². The largest absolute Gasteiger partial charge is 0.229 e. The van der Waals surface area contributed by atoms with Crippen LogP contribution in [0.5, 0.6) is 0 Å². The van der Waals surface area contributed by atoms with E-state index in [4.69, 9.17) is 11.6 Å². The quantitative estimate of drug-likeness (QED) is 0.828. The zero-order valence-electron chi connectivity index (χ0n) is 8.84. The van der Waals surface area contributed by atoms with Crippen LogP contribution in [-0.4, -0.2) is 28.8 Å². The molecule has 0 unspecified atom stereocenters. The number of rotatable bonds is 2. The van der Waals surface area contributed by atoms with Crippen LogP contribution in [0, 0.1) is 0 Å². The van der Waals surface area contributed by atoms with E-state index in [-0.39, 0.29) is 9.80 Å². The molecular weight excluding hydrogens is 284 g/mol. The minimum atomic E-state index is -3.67. The molecule has 1 aromatic rings. The fourth-order valence-corrected chi connectivity index (χ4v) is 4.93. The van der Waals surface area contributed by atoms with Crippen molar-refractivity contribution in [2.24, 2.45) is 0 Å². The Kier molecular flexibility index (Phi) is 2.84. The van der Waals surface area contributed by atoms with E-state index in [2.05, 4.69) is 0 Å². The lowest BCUT2D eigenvalue weighted by Gasteiger charge is -2.02. The molecule has 7 heteroatoms. The Balaban J connectivity index is 2.58. The number of sulfone groups is 2. The van der Waals surface area contributed by atoms with E-state index in [9.17, 15) is 16.8 Å². The van der Waals surface area contributed by atoms with Crippen LogP contribution in [0.4, 0.5) is 0 Å². The molecule has 0 amide bonds. The van der Waals surface area contributed by atoms with E-state index in [1.54, 1.807) is 0 Å². The Hall–Kier alpha value is -0.850. The lowest BCUT2D eigenvalue weighted by molar-refractivity contribution is 0.596. The van der Waals surface area contributed by atoms with Crippen LogP contribution >= 0.6 is 11.6 Å². The smallest absolute Gasteiger partial charge is 0.204 e. The summed E-state index contributed by atoms with van der Waals surface area (Å²) in [6, 6.07) is 4.36.